The first kappa shape index (κ1) is 14.4. The summed E-state index contributed by atoms with van der Waals surface area (Å²) in [7, 11) is 0. The normalized spacial score (nSPS) is 10.7. The Morgan fingerprint density at radius 1 is 1.44 bits per heavy atom. The van der Waals surface area contributed by atoms with E-state index in [9.17, 15) is 9.18 Å². The van der Waals surface area contributed by atoms with Crippen molar-refractivity contribution in [3.8, 4) is 5.75 Å². The molecule has 5 heteroatoms. The molecule has 3 N–H and O–H groups in total. The highest BCUT2D eigenvalue weighted by Gasteiger charge is 2.04. The molecule has 1 aromatic carbocycles. The fourth-order valence-electron chi connectivity index (χ4n) is 1.36. The van der Waals surface area contributed by atoms with Crippen LogP contribution in [0.15, 0.2) is 18.2 Å². The summed E-state index contributed by atoms with van der Waals surface area (Å²) in [5, 5.41) is 14.7. The average Bonchev–Trinajstić information content (AvgIpc) is 2.31. The first-order valence-electron chi connectivity index (χ1n) is 5.94. The van der Waals surface area contributed by atoms with Crippen molar-refractivity contribution in [3.05, 3.63) is 29.6 Å². The minimum absolute atomic E-state index is 0.0806. The number of phenolic OH excluding ortho intramolecular Hbond substituents is 1. The van der Waals surface area contributed by atoms with Gasteiger partial charge in [0.1, 0.15) is 0 Å². The molecule has 4 nitrogen and oxygen atoms in total. The van der Waals surface area contributed by atoms with E-state index in [0.29, 0.717) is 24.6 Å². The van der Waals surface area contributed by atoms with Crippen molar-refractivity contribution in [2.24, 2.45) is 5.92 Å². The molecular formula is C13H19FN2O2. The van der Waals surface area contributed by atoms with Gasteiger partial charge in [0, 0.05) is 13.1 Å². The molecule has 1 amide bonds. The molecule has 0 radical (unpaired) electrons. The Kier molecular flexibility index (Phi) is 5.58. The van der Waals surface area contributed by atoms with E-state index < -0.39 is 5.82 Å². The first-order valence-corrected chi connectivity index (χ1v) is 5.94. The Morgan fingerprint density at radius 3 is 2.78 bits per heavy atom. The van der Waals surface area contributed by atoms with Crippen LogP contribution < -0.4 is 10.6 Å². The molecule has 0 aliphatic heterocycles. The van der Waals surface area contributed by atoms with Crippen LogP contribution in [-0.4, -0.2) is 24.1 Å². The second kappa shape index (κ2) is 6.96. The van der Waals surface area contributed by atoms with Crippen LogP contribution in [0.4, 0.5) is 4.39 Å². The van der Waals surface area contributed by atoms with Gasteiger partial charge in [-0.1, -0.05) is 19.9 Å². The van der Waals surface area contributed by atoms with E-state index in [-0.39, 0.29) is 18.2 Å². The van der Waals surface area contributed by atoms with Crippen molar-refractivity contribution in [2.75, 3.05) is 13.1 Å². The van der Waals surface area contributed by atoms with Crippen LogP contribution in [-0.2, 0) is 11.3 Å². The fraction of sp³-hybridized carbons (Fsp3) is 0.462. The molecule has 0 aromatic heterocycles. The highest BCUT2D eigenvalue weighted by molar-refractivity contribution is 5.77. The van der Waals surface area contributed by atoms with E-state index in [0.717, 1.165) is 0 Å². The Hall–Kier alpha value is -1.62. The fourth-order valence-corrected chi connectivity index (χ4v) is 1.36. The molecule has 100 valence electrons. The number of hydrogen-bond donors (Lipinski definition) is 3. The molecule has 0 fully saturated rings. The molecule has 18 heavy (non-hydrogen) atoms. The van der Waals surface area contributed by atoms with E-state index in [2.05, 4.69) is 10.6 Å². The van der Waals surface area contributed by atoms with E-state index >= 15 is 0 Å². The van der Waals surface area contributed by atoms with Gasteiger partial charge in [-0.3, -0.25) is 4.79 Å². The topological polar surface area (TPSA) is 61.4 Å². The van der Waals surface area contributed by atoms with Gasteiger partial charge in [0.2, 0.25) is 5.91 Å². The van der Waals surface area contributed by atoms with Gasteiger partial charge < -0.3 is 15.7 Å². The lowest BCUT2D eigenvalue weighted by Gasteiger charge is -2.08. The molecular weight excluding hydrogens is 235 g/mol. The van der Waals surface area contributed by atoms with Crippen LogP contribution >= 0.6 is 0 Å². The van der Waals surface area contributed by atoms with Gasteiger partial charge in [-0.2, -0.15) is 0 Å². The van der Waals surface area contributed by atoms with Crippen molar-refractivity contribution >= 4 is 5.91 Å². The Bertz CT molecular complexity index is 408. The van der Waals surface area contributed by atoms with Crippen LogP contribution in [0.2, 0.25) is 0 Å². The van der Waals surface area contributed by atoms with Gasteiger partial charge in [-0.25, -0.2) is 4.39 Å². The maximum atomic E-state index is 13.0. The summed E-state index contributed by atoms with van der Waals surface area (Å²) < 4.78 is 13.0. The van der Waals surface area contributed by atoms with Crippen molar-refractivity contribution in [1.82, 2.24) is 10.6 Å². The summed E-state index contributed by atoms with van der Waals surface area (Å²) in [6.07, 6.45) is 0. The molecule has 1 rings (SSSR count). The Balaban J connectivity index is 2.28. The molecule has 1 aromatic rings. The lowest BCUT2D eigenvalue weighted by Crippen LogP contribution is -2.35. The molecule has 0 heterocycles. The largest absolute Gasteiger partial charge is 0.505 e. The number of nitrogens with one attached hydrogen (secondary N) is 2. The summed E-state index contributed by atoms with van der Waals surface area (Å²) in [4.78, 5) is 11.4. The molecule has 0 saturated heterocycles. The molecule has 0 aliphatic rings. The van der Waals surface area contributed by atoms with Crippen molar-refractivity contribution in [1.29, 1.82) is 0 Å². The van der Waals surface area contributed by atoms with Gasteiger partial charge in [0.05, 0.1) is 6.54 Å². The lowest BCUT2D eigenvalue weighted by molar-refractivity contribution is -0.120. The Morgan fingerprint density at radius 2 is 2.17 bits per heavy atom. The van der Waals surface area contributed by atoms with E-state index in [4.69, 9.17) is 5.11 Å². The number of carbonyl (C=O) groups excluding carboxylic acids is 1. The van der Waals surface area contributed by atoms with E-state index in [1.165, 1.54) is 12.1 Å². The van der Waals surface area contributed by atoms with Crippen LogP contribution in [0.3, 0.4) is 0 Å². The third-order valence-corrected chi connectivity index (χ3v) is 2.33. The maximum Gasteiger partial charge on any atom is 0.233 e. The zero-order valence-electron chi connectivity index (χ0n) is 10.7. The number of benzene rings is 1. The van der Waals surface area contributed by atoms with E-state index in [1.54, 1.807) is 6.07 Å². The molecule has 0 unspecified atom stereocenters. The van der Waals surface area contributed by atoms with Crippen molar-refractivity contribution < 1.29 is 14.3 Å². The summed E-state index contributed by atoms with van der Waals surface area (Å²) in [6, 6.07) is 4.15. The first-order chi connectivity index (χ1) is 8.49. The number of phenols is 1. The van der Waals surface area contributed by atoms with Crippen molar-refractivity contribution in [2.45, 2.75) is 20.4 Å². The zero-order valence-corrected chi connectivity index (χ0v) is 10.7. The lowest BCUT2D eigenvalue weighted by atomic mass is 10.2. The number of halogens is 1. The predicted octanol–water partition coefficient (Wildman–Crippen LogP) is 1.39. The van der Waals surface area contributed by atoms with Gasteiger partial charge in [-0.15, -0.1) is 0 Å². The SMILES string of the molecule is CC(C)CNC(=O)CNCc1ccc(O)c(F)c1. The highest BCUT2D eigenvalue weighted by atomic mass is 19.1. The molecule has 0 atom stereocenters. The molecule has 0 bridgehead atoms. The summed E-state index contributed by atoms with van der Waals surface area (Å²) in [6.45, 7) is 5.26. The highest BCUT2D eigenvalue weighted by Crippen LogP contribution is 2.15. The summed E-state index contributed by atoms with van der Waals surface area (Å²) in [5.74, 6) is -0.685. The van der Waals surface area contributed by atoms with Gasteiger partial charge >= 0.3 is 0 Å². The van der Waals surface area contributed by atoms with Gasteiger partial charge in [0.25, 0.3) is 0 Å². The number of aromatic hydroxyl groups is 1. The Labute approximate surface area is 106 Å². The predicted molar refractivity (Wildman–Crippen MR) is 67.6 cm³/mol. The third kappa shape index (κ3) is 5.14. The summed E-state index contributed by atoms with van der Waals surface area (Å²) >= 11 is 0. The average molecular weight is 254 g/mol. The summed E-state index contributed by atoms with van der Waals surface area (Å²) in [5.41, 5.74) is 0.682. The quantitative estimate of drug-likeness (QED) is 0.719. The van der Waals surface area contributed by atoms with Crippen molar-refractivity contribution in [3.63, 3.8) is 0 Å². The maximum absolute atomic E-state index is 13.0. The number of carbonyl (C=O) groups is 1. The molecule has 0 spiro atoms. The standard InChI is InChI=1S/C13H19FN2O2/c1-9(2)6-16-13(18)8-15-7-10-3-4-12(17)11(14)5-10/h3-5,9,15,17H,6-8H2,1-2H3,(H,16,18). The second-order valence-electron chi connectivity index (χ2n) is 4.59. The minimum Gasteiger partial charge on any atom is -0.505 e. The second-order valence-corrected chi connectivity index (χ2v) is 4.59. The van der Waals surface area contributed by atoms with Crippen LogP contribution in [0, 0.1) is 11.7 Å². The van der Waals surface area contributed by atoms with E-state index in [1.807, 2.05) is 13.8 Å². The van der Waals surface area contributed by atoms with Gasteiger partial charge in [0.15, 0.2) is 11.6 Å². The number of amides is 1. The number of rotatable bonds is 6. The molecule has 0 saturated carbocycles. The van der Waals surface area contributed by atoms with Crippen LogP contribution in [0.25, 0.3) is 0 Å². The zero-order chi connectivity index (χ0) is 13.5. The molecule has 0 aliphatic carbocycles. The minimum atomic E-state index is -0.654. The van der Waals surface area contributed by atoms with Gasteiger partial charge in [-0.05, 0) is 23.6 Å². The van der Waals surface area contributed by atoms with Crippen LogP contribution in [0.5, 0.6) is 5.75 Å². The number of hydrogen-bond acceptors (Lipinski definition) is 3. The smallest absolute Gasteiger partial charge is 0.233 e. The monoisotopic (exact) mass is 254 g/mol. The third-order valence-electron chi connectivity index (χ3n) is 2.33. The van der Waals surface area contributed by atoms with Crippen LogP contribution in [0.1, 0.15) is 19.4 Å².